The first-order valence-electron chi connectivity index (χ1n) is 7.24. The molecule has 1 aliphatic heterocycles. The highest BCUT2D eigenvalue weighted by molar-refractivity contribution is 7.99. The zero-order valence-electron chi connectivity index (χ0n) is 12.1. The number of aromatic nitrogens is 1. The van der Waals surface area contributed by atoms with Gasteiger partial charge in [-0.1, -0.05) is 18.2 Å². The number of thioether (sulfide) groups is 1. The van der Waals surface area contributed by atoms with E-state index in [2.05, 4.69) is 17.1 Å². The van der Waals surface area contributed by atoms with E-state index < -0.39 is 10.0 Å². The van der Waals surface area contributed by atoms with Crippen molar-refractivity contribution < 1.29 is 8.42 Å². The van der Waals surface area contributed by atoms with Crippen molar-refractivity contribution in [3.8, 4) is 0 Å². The van der Waals surface area contributed by atoms with Crippen LogP contribution in [0.2, 0.25) is 0 Å². The number of rotatable bonds is 5. The van der Waals surface area contributed by atoms with Gasteiger partial charge < -0.3 is 0 Å². The lowest BCUT2D eigenvalue weighted by Crippen LogP contribution is -2.29. The second kappa shape index (κ2) is 6.81. The van der Waals surface area contributed by atoms with E-state index in [9.17, 15) is 8.42 Å². The molecule has 1 aromatic carbocycles. The summed E-state index contributed by atoms with van der Waals surface area (Å²) in [6, 6.07) is 13.5. The summed E-state index contributed by atoms with van der Waals surface area (Å²) in [4.78, 5) is 5.42. The molecule has 6 heteroatoms. The predicted molar refractivity (Wildman–Crippen MR) is 88.3 cm³/mol. The van der Waals surface area contributed by atoms with Crippen LogP contribution >= 0.6 is 11.8 Å². The van der Waals surface area contributed by atoms with Crippen LogP contribution in [0.15, 0.2) is 64.6 Å². The van der Waals surface area contributed by atoms with Crippen LogP contribution in [0, 0.1) is 5.92 Å². The molecule has 0 aliphatic carbocycles. The predicted octanol–water partition coefficient (Wildman–Crippen LogP) is 2.88. The lowest BCUT2D eigenvalue weighted by atomic mass is 10.2. The van der Waals surface area contributed by atoms with Gasteiger partial charge in [-0.15, -0.1) is 11.8 Å². The molecule has 1 aliphatic rings. The molecule has 1 unspecified atom stereocenters. The molecule has 0 N–H and O–H groups in total. The molecule has 1 atom stereocenters. The highest BCUT2D eigenvalue weighted by atomic mass is 32.2. The van der Waals surface area contributed by atoms with Crippen LogP contribution in [0.3, 0.4) is 0 Å². The molecule has 4 nitrogen and oxygen atoms in total. The van der Waals surface area contributed by atoms with Gasteiger partial charge in [-0.05, 0) is 36.6 Å². The first-order valence-corrected chi connectivity index (χ1v) is 9.67. The SMILES string of the molecule is O=S(=O)(c1cccnc1)N1CCC(CSc2ccccc2)C1. The van der Waals surface area contributed by atoms with Crippen molar-refractivity contribution in [2.24, 2.45) is 5.92 Å². The molecule has 0 saturated carbocycles. The van der Waals surface area contributed by atoms with Crippen LogP contribution in [0.5, 0.6) is 0 Å². The molecule has 0 radical (unpaired) electrons. The Balaban J connectivity index is 1.60. The molecular formula is C16H18N2O2S2. The van der Waals surface area contributed by atoms with E-state index in [1.165, 1.54) is 11.1 Å². The summed E-state index contributed by atoms with van der Waals surface area (Å²) < 4.78 is 26.7. The first-order chi connectivity index (χ1) is 10.7. The van der Waals surface area contributed by atoms with E-state index in [1.54, 1.807) is 34.4 Å². The van der Waals surface area contributed by atoms with Gasteiger partial charge in [0, 0.05) is 36.1 Å². The fraction of sp³-hybridized carbons (Fsp3) is 0.312. The Morgan fingerprint density at radius 1 is 1.18 bits per heavy atom. The van der Waals surface area contributed by atoms with E-state index in [-0.39, 0.29) is 4.90 Å². The average Bonchev–Trinajstić information content (AvgIpc) is 3.04. The van der Waals surface area contributed by atoms with Crippen molar-refractivity contribution in [2.45, 2.75) is 16.2 Å². The second-order valence-corrected chi connectivity index (χ2v) is 8.36. The van der Waals surface area contributed by atoms with Gasteiger partial charge in [0.25, 0.3) is 0 Å². The van der Waals surface area contributed by atoms with E-state index >= 15 is 0 Å². The third-order valence-corrected chi connectivity index (χ3v) is 6.84. The number of pyridine rings is 1. The van der Waals surface area contributed by atoms with E-state index in [4.69, 9.17) is 0 Å². The zero-order valence-corrected chi connectivity index (χ0v) is 13.8. The van der Waals surface area contributed by atoms with E-state index in [1.807, 2.05) is 18.2 Å². The number of nitrogens with zero attached hydrogens (tertiary/aromatic N) is 2. The summed E-state index contributed by atoms with van der Waals surface area (Å²) in [5.74, 6) is 1.35. The first kappa shape index (κ1) is 15.5. The summed E-state index contributed by atoms with van der Waals surface area (Å²) in [7, 11) is -3.39. The number of sulfonamides is 1. The van der Waals surface area contributed by atoms with E-state index in [0.717, 1.165) is 12.2 Å². The number of hydrogen-bond acceptors (Lipinski definition) is 4. The smallest absolute Gasteiger partial charge is 0.244 e. The second-order valence-electron chi connectivity index (χ2n) is 5.33. The highest BCUT2D eigenvalue weighted by Gasteiger charge is 2.32. The molecule has 2 aromatic rings. The van der Waals surface area contributed by atoms with Gasteiger partial charge in [-0.2, -0.15) is 4.31 Å². The Morgan fingerprint density at radius 3 is 2.73 bits per heavy atom. The minimum absolute atomic E-state index is 0.284. The third kappa shape index (κ3) is 3.51. The topological polar surface area (TPSA) is 50.3 Å². The number of benzene rings is 1. The van der Waals surface area contributed by atoms with Gasteiger partial charge >= 0.3 is 0 Å². The molecule has 0 spiro atoms. The molecule has 116 valence electrons. The van der Waals surface area contributed by atoms with Crippen molar-refractivity contribution in [1.29, 1.82) is 0 Å². The summed E-state index contributed by atoms with van der Waals surface area (Å²) in [5, 5.41) is 0. The van der Waals surface area contributed by atoms with Crippen LogP contribution in [-0.4, -0.2) is 36.5 Å². The standard InChI is InChI=1S/C16H18N2O2S2/c19-22(20,16-7-4-9-17-11-16)18-10-8-14(12-18)13-21-15-5-2-1-3-6-15/h1-7,9,11,14H,8,10,12-13H2. The van der Waals surface area contributed by atoms with Crippen LogP contribution in [0.1, 0.15) is 6.42 Å². The van der Waals surface area contributed by atoms with Gasteiger partial charge in [-0.3, -0.25) is 4.98 Å². The summed E-state index contributed by atoms with van der Waals surface area (Å²) in [6.45, 7) is 1.19. The Hall–Kier alpha value is -1.37. The van der Waals surface area contributed by atoms with Crippen molar-refractivity contribution in [3.63, 3.8) is 0 Å². The molecule has 1 fully saturated rings. The summed E-state index contributed by atoms with van der Waals surface area (Å²) in [5.41, 5.74) is 0. The summed E-state index contributed by atoms with van der Waals surface area (Å²) in [6.07, 6.45) is 3.92. The minimum Gasteiger partial charge on any atom is -0.263 e. The van der Waals surface area contributed by atoms with Crippen molar-refractivity contribution in [3.05, 3.63) is 54.9 Å². The molecular weight excluding hydrogens is 316 g/mol. The molecule has 2 heterocycles. The van der Waals surface area contributed by atoms with E-state index in [0.29, 0.717) is 19.0 Å². The zero-order chi connectivity index (χ0) is 15.4. The fourth-order valence-electron chi connectivity index (χ4n) is 2.53. The summed E-state index contributed by atoms with van der Waals surface area (Å²) >= 11 is 1.79. The van der Waals surface area contributed by atoms with Crippen LogP contribution < -0.4 is 0 Å². The molecule has 0 bridgehead atoms. The Kier molecular flexibility index (Phi) is 4.81. The van der Waals surface area contributed by atoms with Gasteiger partial charge in [0.15, 0.2) is 0 Å². The lowest BCUT2D eigenvalue weighted by molar-refractivity contribution is 0.465. The monoisotopic (exact) mass is 334 g/mol. The van der Waals surface area contributed by atoms with Crippen molar-refractivity contribution in [1.82, 2.24) is 9.29 Å². The maximum atomic E-state index is 12.5. The number of hydrogen-bond donors (Lipinski definition) is 0. The van der Waals surface area contributed by atoms with Gasteiger partial charge in [0.1, 0.15) is 4.90 Å². The molecule has 1 saturated heterocycles. The van der Waals surface area contributed by atoms with Gasteiger partial charge in [0.05, 0.1) is 0 Å². The maximum Gasteiger partial charge on any atom is 0.244 e. The molecule has 3 rings (SSSR count). The van der Waals surface area contributed by atoms with Gasteiger partial charge in [-0.25, -0.2) is 8.42 Å². The molecule has 22 heavy (non-hydrogen) atoms. The van der Waals surface area contributed by atoms with Crippen LogP contribution in [0.4, 0.5) is 0 Å². The maximum absolute atomic E-state index is 12.5. The quantitative estimate of drug-likeness (QED) is 0.789. The minimum atomic E-state index is -3.39. The Bertz CT molecular complexity index is 705. The van der Waals surface area contributed by atoms with Crippen LogP contribution in [0.25, 0.3) is 0 Å². The van der Waals surface area contributed by atoms with Gasteiger partial charge in [0.2, 0.25) is 10.0 Å². The Labute approximate surface area is 135 Å². The van der Waals surface area contributed by atoms with Crippen molar-refractivity contribution >= 4 is 21.8 Å². The normalized spacial score (nSPS) is 19.4. The molecule has 1 aromatic heterocycles. The third-order valence-electron chi connectivity index (χ3n) is 3.75. The largest absolute Gasteiger partial charge is 0.263 e. The highest BCUT2D eigenvalue weighted by Crippen LogP contribution is 2.28. The molecule has 0 amide bonds. The fourth-order valence-corrected chi connectivity index (χ4v) is 5.08. The lowest BCUT2D eigenvalue weighted by Gasteiger charge is -2.16. The van der Waals surface area contributed by atoms with Crippen LogP contribution in [-0.2, 0) is 10.0 Å². The Morgan fingerprint density at radius 2 is 2.00 bits per heavy atom. The van der Waals surface area contributed by atoms with Crippen molar-refractivity contribution in [2.75, 3.05) is 18.8 Å². The average molecular weight is 334 g/mol.